The molecule has 22 heavy (non-hydrogen) atoms. The summed E-state index contributed by atoms with van der Waals surface area (Å²) in [7, 11) is -0.540. The number of benzene rings is 2. The average Bonchev–Trinajstić information content (AvgIpc) is 2.48. The van der Waals surface area contributed by atoms with Crippen molar-refractivity contribution >= 4 is 21.8 Å². The summed E-state index contributed by atoms with van der Waals surface area (Å²) in [5, 5.41) is 0. The number of hydrogen-bond donors (Lipinski definition) is 0. The first kappa shape index (κ1) is 16.9. The molecule has 2 aromatic rings. The summed E-state index contributed by atoms with van der Waals surface area (Å²) in [5.74, 6) is -1.32. The van der Waals surface area contributed by atoms with Crippen LogP contribution in [0.4, 0.5) is 8.78 Å². The minimum atomic E-state index is -3.48. The molecule has 0 aliphatic carbocycles. The zero-order valence-corrected chi connectivity index (χ0v) is 13.7. The molecule has 0 aromatic heterocycles. The smallest absolute Gasteiger partial charge is 0.207 e. The molecule has 0 aliphatic rings. The molecule has 118 valence electrons. The molecule has 0 N–H and O–H groups in total. The molecule has 0 spiro atoms. The van der Waals surface area contributed by atoms with E-state index in [0.29, 0.717) is 10.6 Å². The third kappa shape index (κ3) is 3.85. The minimum Gasteiger partial charge on any atom is -0.207 e. The van der Waals surface area contributed by atoms with E-state index < -0.39 is 21.7 Å². The molecule has 0 aliphatic heterocycles. The number of rotatable bonds is 5. The Bertz CT molecular complexity index is 777. The highest BCUT2D eigenvalue weighted by molar-refractivity contribution is 7.98. The van der Waals surface area contributed by atoms with E-state index in [1.165, 1.54) is 38.0 Å². The van der Waals surface area contributed by atoms with Gasteiger partial charge in [0.25, 0.3) is 0 Å². The summed E-state index contributed by atoms with van der Waals surface area (Å²) >= 11 is 1.31. The van der Waals surface area contributed by atoms with Crippen molar-refractivity contribution in [3.05, 3.63) is 59.7 Å². The lowest BCUT2D eigenvalue weighted by atomic mass is 10.2. The van der Waals surface area contributed by atoms with Gasteiger partial charge in [0.15, 0.2) is 11.6 Å². The Kier molecular flexibility index (Phi) is 5.20. The number of halogens is 2. The standard InChI is InChI=1S/C15H15F2NO2S2/c1-18(2)22(19,20)13-5-3-4-11(8-13)10-21-12-6-7-14(16)15(17)9-12/h3-9H,10H2,1-2H3. The van der Waals surface area contributed by atoms with Crippen LogP contribution >= 0.6 is 11.8 Å². The van der Waals surface area contributed by atoms with Gasteiger partial charge in [-0.15, -0.1) is 11.8 Å². The topological polar surface area (TPSA) is 37.4 Å². The Morgan fingerprint density at radius 3 is 2.41 bits per heavy atom. The normalized spacial score (nSPS) is 11.9. The summed E-state index contributed by atoms with van der Waals surface area (Å²) in [6, 6.07) is 10.3. The quantitative estimate of drug-likeness (QED) is 0.780. The molecule has 3 nitrogen and oxygen atoms in total. The Morgan fingerprint density at radius 2 is 1.77 bits per heavy atom. The maximum atomic E-state index is 13.1. The highest BCUT2D eigenvalue weighted by Crippen LogP contribution is 2.25. The van der Waals surface area contributed by atoms with Gasteiger partial charge in [0, 0.05) is 24.7 Å². The zero-order valence-electron chi connectivity index (χ0n) is 12.1. The van der Waals surface area contributed by atoms with Crippen LogP contribution in [-0.2, 0) is 15.8 Å². The van der Waals surface area contributed by atoms with E-state index in [4.69, 9.17) is 0 Å². The molecule has 0 fully saturated rings. The van der Waals surface area contributed by atoms with Gasteiger partial charge in [0.1, 0.15) is 0 Å². The van der Waals surface area contributed by atoms with Gasteiger partial charge in [-0.1, -0.05) is 12.1 Å². The fraction of sp³-hybridized carbons (Fsp3) is 0.200. The van der Waals surface area contributed by atoms with Crippen LogP contribution in [0, 0.1) is 11.6 Å². The molecule has 0 heterocycles. The van der Waals surface area contributed by atoms with E-state index in [9.17, 15) is 17.2 Å². The van der Waals surface area contributed by atoms with E-state index in [0.717, 1.165) is 22.0 Å². The molecule has 0 amide bonds. The van der Waals surface area contributed by atoms with Crippen molar-refractivity contribution in [3.63, 3.8) is 0 Å². The lowest BCUT2D eigenvalue weighted by Crippen LogP contribution is -2.22. The fourth-order valence-corrected chi connectivity index (χ4v) is 3.58. The first-order valence-corrected chi connectivity index (χ1v) is 8.82. The molecule has 2 aromatic carbocycles. The second-order valence-electron chi connectivity index (χ2n) is 4.80. The Hall–Kier alpha value is -1.44. The van der Waals surface area contributed by atoms with Crippen molar-refractivity contribution in [2.24, 2.45) is 0 Å². The van der Waals surface area contributed by atoms with Gasteiger partial charge in [0.05, 0.1) is 4.90 Å². The van der Waals surface area contributed by atoms with Crippen molar-refractivity contribution in [1.82, 2.24) is 4.31 Å². The van der Waals surface area contributed by atoms with Gasteiger partial charge in [-0.25, -0.2) is 21.5 Å². The summed E-state index contributed by atoms with van der Waals surface area (Å²) in [5.41, 5.74) is 0.789. The predicted molar refractivity (Wildman–Crippen MR) is 83.2 cm³/mol. The van der Waals surface area contributed by atoms with Gasteiger partial charge >= 0.3 is 0 Å². The van der Waals surface area contributed by atoms with Crippen molar-refractivity contribution in [2.45, 2.75) is 15.5 Å². The number of nitrogens with zero attached hydrogens (tertiary/aromatic N) is 1. The molecule has 0 radical (unpaired) electrons. The van der Waals surface area contributed by atoms with Crippen molar-refractivity contribution < 1.29 is 17.2 Å². The van der Waals surface area contributed by atoms with Crippen molar-refractivity contribution in [1.29, 1.82) is 0 Å². The average molecular weight is 343 g/mol. The maximum Gasteiger partial charge on any atom is 0.242 e. The van der Waals surface area contributed by atoms with E-state index in [2.05, 4.69) is 0 Å². The van der Waals surface area contributed by atoms with Crippen molar-refractivity contribution in [2.75, 3.05) is 14.1 Å². The molecule has 0 bridgehead atoms. The van der Waals surface area contributed by atoms with Crippen LogP contribution in [0.3, 0.4) is 0 Å². The van der Waals surface area contributed by atoms with Crippen LogP contribution in [-0.4, -0.2) is 26.8 Å². The summed E-state index contributed by atoms with van der Waals surface area (Å²) in [4.78, 5) is 0.792. The van der Waals surface area contributed by atoms with Gasteiger partial charge in [-0.05, 0) is 35.9 Å². The van der Waals surface area contributed by atoms with Gasteiger partial charge in [-0.2, -0.15) is 0 Å². The molecular formula is C15H15F2NO2S2. The Balaban J connectivity index is 2.16. The molecule has 2 rings (SSSR count). The molecule has 0 atom stereocenters. The van der Waals surface area contributed by atoms with E-state index in [-0.39, 0.29) is 4.90 Å². The molecule has 0 saturated heterocycles. The van der Waals surface area contributed by atoms with E-state index in [1.54, 1.807) is 18.2 Å². The predicted octanol–water partition coefficient (Wildman–Crippen LogP) is 3.51. The fourth-order valence-electron chi connectivity index (χ4n) is 1.74. The van der Waals surface area contributed by atoms with Gasteiger partial charge < -0.3 is 0 Å². The highest BCUT2D eigenvalue weighted by Gasteiger charge is 2.17. The zero-order chi connectivity index (χ0) is 16.3. The van der Waals surface area contributed by atoms with Crippen LogP contribution in [0.15, 0.2) is 52.3 Å². The van der Waals surface area contributed by atoms with Crippen LogP contribution in [0.2, 0.25) is 0 Å². The largest absolute Gasteiger partial charge is 0.242 e. The SMILES string of the molecule is CN(C)S(=O)(=O)c1cccc(CSc2ccc(F)c(F)c2)c1. The summed E-state index contributed by atoms with van der Waals surface area (Å²) < 4.78 is 51.3. The highest BCUT2D eigenvalue weighted by atomic mass is 32.2. The monoisotopic (exact) mass is 343 g/mol. The second-order valence-corrected chi connectivity index (χ2v) is 8.00. The number of hydrogen-bond acceptors (Lipinski definition) is 3. The molecular weight excluding hydrogens is 328 g/mol. The minimum absolute atomic E-state index is 0.209. The number of sulfonamides is 1. The van der Waals surface area contributed by atoms with Crippen molar-refractivity contribution in [3.8, 4) is 0 Å². The molecule has 7 heteroatoms. The lowest BCUT2D eigenvalue weighted by molar-refractivity contribution is 0.506. The number of thioether (sulfide) groups is 1. The van der Waals surface area contributed by atoms with Gasteiger partial charge in [0.2, 0.25) is 10.0 Å². The van der Waals surface area contributed by atoms with Crippen LogP contribution in [0.25, 0.3) is 0 Å². The van der Waals surface area contributed by atoms with Crippen LogP contribution in [0.5, 0.6) is 0 Å². The second kappa shape index (κ2) is 6.76. The maximum absolute atomic E-state index is 13.1. The van der Waals surface area contributed by atoms with Gasteiger partial charge in [-0.3, -0.25) is 0 Å². The lowest BCUT2D eigenvalue weighted by Gasteiger charge is -2.12. The Morgan fingerprint density at radius 1 is 1.05 bits per heavy atom. The van der Waals surface area contributed by atoms with Crippen LogP contribution < -0.4 is 0 Å². The molecule has 0 unspecified atom stereocenters. The van der Waals surface area contributed by atoms with E-state index in [1.807, 2.05) is 0 Å². The molecule has 0 saturated carbocycles. The third-order valence-electron chi connectivity index (χ3n) is 2.97. The van der Waals surface area contributed by atoms with Crippen LogP contribution in [0.1, 0.15) is 5.56 Å². The Labute approximate surface area is 133 Å². The summed E-state index contributed by atoms with van der Waals surface area (Å²) in [6.45, 7) is 0. The van der Waals surface area contributed by atoms with E-state index >= 15 is 0 Å². The third-order valence-corrected chi connectivity index (χ3v) is 5.85. The first-order valence-electron chi connectivity index (χ1n) is 6.40. The first-order chi connectivity index (χ1) is 10.3. The summed E-state index contributed by atoms with van der Waals surface area (Å²) in [6.07, 6.45) is 0.